The molecule has 0 aliphatic carbocycles. The maximum Gasteiger partial charge on any atom is 0.338 e. The van der Waals surface area contributed by atoms with Crippen LogP contribution in [-0.4, -0.2) is 24.7 Å². The molecule has 1 aromatic rings. The van der Waals surface area contributed by atoms with E-state index in [1.165, 1.54) is 6.07 Å². The van der Waals surface area contributed by atoms with E-state index in [9.17, 15) is 9.18 Å². The number of hydrogen-bond acceptors (Lipinski definition) is 3. The Balaban J connectivity index is 3.12. The number of carbonyl (C=O) groups is 1. The standard InChI is InChI=1S/C13H19FN2O2/c1-13(2,3)7-16(4)11-6-9(14)8(12(17)18)5-10(11)15/h5-6H,7,15H2,1-4H3,(H,17,18). The largest absolute Gasteiger partial charge is 0.478 e. The molecule has 0 aliphatic rings. The first-order valence-electron chi connectivity index (χ1n) is 5.65. The molecule has 0 fully saturated rings. The molecule has 0 heterocycles. The van der Waals surface area contributed by atoms with Crippen molar-refractivity contribution in [3.05, 3.63) is 23.5 Å². The van der Waals surface area contributed by atoms with E-state index >= 15 is 0 Å². The molecule has 5 heteroatoms. The van der Waals surface area contributed by atoms with E-state index in [1.807, 2.05) is 4.90 Å². The van der Waals surface area contributed by atoms with Crippen LogP contribution in [0.15, 0.2) is 12.1 Å². The van der Waals surface area contributed by atoms with E-state index in [2.05, 4.69) is 20.8 Å². The molecule has 1 rings (SSSR count). The van der Waals surface area contributed by atoms with Crippen LogP contribution in [0.25, 0.3) is 0 Å². The summed E-state index contributed by atoms with van der Waals surface area (Å²) < 4.78 is 13.6. The van der Waals surface area contributed by atoms with Crippen molar-refractivity contribution in [2.75, 3.05) is 24.2 Å². The van der Waals surface area contributed by atoms with E-state index in [0.717, 1.165) is 6.07 Å². The van der Waals surface area contributed by atoms with Crippen molar-refractivity contribution in [1.82, 2.24) is 0 Å². The van der Waals surface area contributed by atoms with Crippen LogP contribution in [0.1, 0.15) is 31.1 Å². The Bertz CT molecular complexity index is 467. The van der Waals surface area contributed by atoms with Crippen LogP contribution in [-0.2, 0) is 0 Å². The van der Waals surface area contributed by atoms with Gasteiger partial charge in [-0.1, -0.05) is 20.8 Å². The van der Waals surface area contributed by atoms with E-state index in [-0.39, 0.29) is 11.1 Å². The summed E-state index contributed by atoms with van der Waals surface area (Å²) in [6.07, 6.45) is 0. The monoisotopic (exact) mass is 254 g/mol. The third kappa shape index (κ3) is 3.35. The Morgan fingerprint density at radius 2 is 2.00 bits per heavy atom. The van der Waals surface area contributed by atoms with Crippen LogP contribution in [0.5, 0.6) is 0 Å². The highest BCUT2D eigenvalue weighted by Crippen LogP contribution is 2.28. The minimum atomic E-state index is -1.32. The Morgan fingerprint density at radius 1 is 1.44 bits per heavy atom. The maximum absolute atomic E-state index is 13.6. The quantitative estimate of drug-likeness (QED) is 0.814. The molecule has 0 amide bonds. The van der Waals surface area contributed by atoms with E-state index in [0.29, 0.717) is 12.2 Å². The van der Waals surface area contributed by atoms with E-state index in [4.69, 9.17) is 10.8 Å². The molecule has 100 valence electrons. The molecule has 1 aromatic carbocycles. The number of hydrogen-bond donors (Lipinski definition) is 2. The molecular weight excluding hydrogens is 235 g/mol. The van der Waals surface area contributed by atoms with Crippen molar-refractivity contribution in [2.24, 2.45) is 5.41 Å². The van der Waals surface area contributed by atoms with Gasteiger partial charge in [-0.25, -0.2) is 9.18 Å². The second-order valence-corrected chi connectivity index (χ2v) is 5.61. The molecular formula is C13H19FN2O2. The van der Waals surface area contributed by atoms with Gasteiger partial charge in [0.05, 0.1) is 16.9 Å². The van der Waals surface area contributed by atoms with Gasteiger partial charge in [0.25, 0.3) is 0 Å². The summed E-state index contributed by atoms with van der Waals surface area (Å²) >= 11 is 0. The fraction of sp³-hybridized carbons (Fsp3) is 0.462. The van der Waals surface area contributed by atoms with Crippen LogP contribution < -0.4 is 10.6 Å². The van der Waals surface area contributed by atoms with Crippen molar-refractivity contribution in [1.29, 1.82) is 0 Å². The van der Waals surface area contributed by atoms with Crippen LogP contribution in [0.3, 0.4) is 0 Å². The molecule has 0 radical (unpaired) electrons. The molecule has 3 N–H and O–H groups in total. The fourth-order valence-corrected chi connectivity index (χ4v) is 1.87. The molecule has 0 atom stereocenters. The fourth-order valence-electron chi connectivity index (χ4n) is 1.87. The number of carboxylic acids is 1. The number of nitrogens with zero attached hydrogens (tertiary/aromatic N) is 1. The van der Waals surface area contributed by atoms with Gasteiger partial charge < -0.3 is 15.7 Å². The smallest absolute Gasteiger partial charge is 0.338 e. The molecule has 0 aliphatic heterocycles. The minimum absolute atomic E-state index is 0.0309. The zero-order chi connectivity index (χ0) is 14.1. The average molecular weight is 254 g/mol. The Kier molecular flexibility index (Phi) is 3.84. The second kappa shape index (κ2) is 4.84. The number of aromatic carboxylic acids is 1. The third-order valence-electron chi connectivity index (χ3n) is 2.47. The van der Waals surface area contributed by atoms with Crippen LogP contribution in [0, 0.1) is 11.2 Å². The Hall–Kier alpha value is -1.78. The number of anilines is 2. The van der Waals surface area contributed by atoms with Gasteiger partial charge in [0.2, 0.25) is 0 Å². The maximum atomic E-state index is 13.6. The average Bonchev–Trinajstić information content (AvgIpc) is 2.17. The van der Waals surface area contributed by atoms with Gasteiger partial charge in [0.1, 0.15) is 5.82 Å². The zero-order valence-corrected chi connectivity index (χ0v) is 11.1. The van der Waals surface area contributed by atoms with Crippen molar-refractivity contribution < 1.29 is 14.3 Å². The lowest BCUT2D eigenvalue weighted by Gasteiger charge is -2.29. The van der Waals surface area contributed by atoms with Crippen LogP contribution in [0.4, 0.5) is 15.8 Å². The van der Waals surface area contributed by atoms with Crippen molar-refractivity contribution in [3.8, 4) is 0 Å². The summed E-state index contributed by atoms with van der Waals surface area (Å²) in [4.78, 5) is 12.6. The molecule has 4 nitrogen and oxygen atoms in total. The summed E-state index contributed by atoms with van der Waals surface area (Å²) in [6, 6.07) is 2.33. The van der Waals surface area contributed by atoms with Crippen molar-refractivity contribution >= 4 is 17.3 Å². The van der Waals surface area contributed by atoms with Gasteiger partial charge in [-0.3, -0.25) is 0 Å². The predicted octanol–water partition coefficient (Wildman–Crippen LogP) is 2.59. The predicted molar refractivity (Wildman–Crippen MR) is 70.5 cm³/mol. The lowest BCUT2D eigenvalue weighted by molar-refractivity contribution is 0.0692. The molecule has 0 saturated heterocycles. The Morgan fingerprint density at radius 3 is 2.44 bits per heavy atom. The van der Waals surface area contributed by atoms with Gasteiger partial charge >= 0.3 is 5.97 Å². The molecule has 18 heavy (non-hydrogen) atoms. The molecule has 0 saturated carbocycles. The highest BCUT2D eigenvalue weighted by atomic mass is 19.1. The highest BCUT2D eigenvalue weighted by molar-refractivity contribution is 5.90. The molecule has 0 bridgehead atoms. The van der Waals surface area contributed by atoms with Crippen molar-refractivity contribution in [2.45, 2.75) is 20.8 Å². The minimum Gasteiger partial charge on any atom is -0.478 e. The third-order valence-corrected chi connectivity index (χ3v) is 2.47. The number of carboxylic acid groups (broad SMARTS) is 1. The summed E-state index contributed by atoms with van der Waals surface area (Å²) in [7, 11) is 1.80. The highest BCUT2D eigenvalue weighted by Gasteiger charge is 2.19. The molecule has 0 aromatic heterocycles. The summed E-state index contributed by atoms with van der Waals surface area (Å²) in [6.45, 7) is 6.86. The van der Waals surface area contributed by atoms with Gasteiger partial charge in [0.15, 0.2) is 0 Å². The number of nitrogens with two attached hydrogens (primary N) is 1. The number of halogens is 1. The lowest BCUT2D eigenvalue weighted by atomic mass is 9.96. The first-order chi connectivity index (χ1) is 8.11. The lowest BCUT2D eigenvalue weighted by Crippen LogP contribution is -2.29. The van der Waals surface area contributed by atoms with Crippen LogP contribution >= 0.6 is 0 Å². The molecule has 0 unspecified atom stereocenters. The van der Waals surface area contributed by atoms with Crippen molar-refractivity contribution in [3.63, 3.8) is 0 Å². The van der Waals surface area contributed by atoms with Gasteiger partial charge in [-0.05, 0) is 11.5 Å². The van der Waals surface area contributed by atoms with Gasteiger partial charge in [-0.2, -0.15) is 0 Å². The SMILES string of the molecule is CN(CC(C)(C)C)c1cc(F)c(C(=O)O)cc1N. The second-order valence-electron chi connectivity index (χ2n) is 5.61. The summed E-state index contributed by atoms with van der Waals surface area (Å²) in [5.74, 6) is -2.09. The topological polar surface area (TPSA) is 66.6 Å². The van der Waals surface area contributed by atoms with E-state index < -0.39 is 17.3 Å². The number of benzene rings is 1. The van der Waals surface area contributed by atoms with Crippen LogP contribution in [0.2, 0.25) is 0 Å². The molecule has 0 spiro atoms. The first-order valence-corrected chi connectivity index (χ1v) is 5.65. The Labute approximate surface area is 106 Å². The first kappa shape index (κ1) is 14.3. The normalized spacial score (nSPS) is 11.4. The summed E-state index contributed by atoms with van der Waals surface area (Å²) in [5, 5.41) is 8.80. The number of rotatable bonds is 3. The van der Waals surface area contributed by atoms with Gasteiger partial charge in [0, 0.05) is 19.7 Å². The van der Waals surface area contributed by atoms with Gasteiger partial charge in [-0.15, -0.1) is 0 Å². The summed E-state index contributed by atoms with van der Waals surface area (Å²) in [5.41, 5.74) is 6.18. The zero-order valence-electron chi connectivity index (χ0n) is 11.1. The van der Waals surface area contributed by atoms with E-state index in [1.54, 1.807) is 7.05 Å². The number of nitrogen functional groups attached to an aromatic ring is 1.